The Morgan fingerprint density at radius 2 is 1.37 bits per heavy atom. The lowest BCUT2D eigenvalue weighted by atomic mass is 9.88. The third-order valence-electron chi connectivity index (χ3n) is 5.63. The second kappa shape index (κ2) is 11.5. The van der Waals surface area contributed by atoms with E-state index < -0.39 is 28.9 Å². The lowest BCUT2D eigenvalue weighted by Crippen LogP contribution is -2.26. The molecule has 0 aromatic heterocycles. The van der Waals surface area contributed by atoms with Crippen molar-refractivity contribution in [3.05, 3.63) is 59.2 Å². The van der Waals surface area contributed by atoms with Crippen molar-refractivity contribution in [3.63, 3.8) is 0 Å². The number of hydrogen-bond acceptors (Lipinski definition) is 1. The zero-order valence-corrected chi connectivity index (χ0v) is 18.2. The van der Waals surface area contributed by atoms with Crippen LogP contribution in [0.15, 0.2) is 30.3 Å². The van der Waals surface area contributed by atoms with E-state index in [1.807, 2.05) is 13.8 Å². The summed E-state index contributed by atoms with van der Waals surface area (Å²) in [6, 6.07) is 7.43. The predicted molar refractivity (Wildman–Crippen MR) is 113 cm³/mol. The summed E-state index contributed by atoms with van der Waals surface area (Å²) >= 11 is 0. The van der Waals surface area contributed by atoms with E-state index in [0.29, 0.717) is 12.7 Å². The summed E-state index contributed by atoms with van der Waals surface area (Å²) < 4.78 is 60.5. The van der Waals surface area contributed by atoms with Crippen LogP contribution in [0.1, 0.15) is 77.7 Å². The molecule has 0 amide bonds. The second-order valence-corrected chi connectivity index (χ2v) is 7.96. The van der Waals surface area contributed by atoms with Crippen LogP contribution in [0, 0.1) is 23.3 Å². The number of rotatable bonds is 12. The first-order chi connectivity index (χ1) is 14.3. The van der Waals surface area contributed by atoms with Crippen molar-refractivity contribution < 1.29 is 22.3 Å². The highest BCUT2D eigenvalue weighted by Crippen LogP contribution is 2.34. The maximum Gasteiger partial charge on any atom is 0.198 e. The van der Waals surface area contributed by atoms with Gasteiger partial charge < -0.3 is 4.74 Å². The molecule has 2 aromatic rings. The van der Waals surface area contributed by atoms with Crippen molar-refractivity contribution in [1.29, 1.82) is 0 Å². The number of hydrogen-bond donors (Lipinski definition) is 0. The van der Waals surface area contributed by atoms with Crippen LogP contribution in [0.2, 0.25) is 0 Å². The van der Waals surface area contributed by atoms with Gasteiger partial charge in [-0.2, -0.15) is 0 Å². The Bertz CT molecular complexity index is 804. The van der Waals surface area contributed by atoms with Crippen molar-refractivity contribution in [1.82, 2.24) is 0 Å². The van der Waals surface area contributed by atoms with E-state index in [4.69, 9.17) is 4.74 Å². The normalized spacial score (nSPS) is 13.4. The molecule has 0 N–H and O–H groups in total. The summed E-state index contributed by atoms with van der Waals surface area (Å²) in [5, 5.41) is 0. The summed E-state index contributed by atoms with van der Waals surface area (Å²) in [6.45, 7) is 6.73. The molecule has 5 heteroatoms. The van der Waals surface area contributed by atoms with Crippen LogP contribution < -0.4 is 0 Å². The fourth-order valence-electron chi connectivity index (χ4n) is 3.82. The first-order valence-electron chi connectivity index (χ1n) is 10.9. The molecule has 0 aliphatic heterocycles. The van der Waals surface area contributed by atoms with Crippen molar-refractivity contribution >= 4 is 0 Å². The van der Waals surface area contributed by atoms with Gasteiger partial charge in [0.1, 0.15) is 0 Å². The molecule has 0 aliphatic rings. The van der Waals surface area contributed by atoms with Gasteiger partial charge in [-0.15, -0.1) is 0 Å². The molecule has 0 saturated carbocycles. The molecule has 0 bridgehead atoms. The lowest BCUT2D eigenvalue weighted by Gasteiger charge is -2.30. The average molecular weight is 425 g/mol. The molecule has 2 rings (SSSR count). The van der Waals surface area contributed by atoms with Crippen LogP contribution in [0.5, 0.6) is 0 Å². The van der Waals surface area contributed by atoms with Crippen molar-refractivity contribution in [2.24, 2.45) is 0 Å². The Kier molecular flexibility index (Phi) is 9.35. The van der Waals surface area contributed by atoms with E-state index in [9.17, 15) is 17.6 Å². The average Bonchev–Trinajstić information content (AvgIpc) is 2.74. The molecule has 0 saturated heterocycles. The van der Waals surface area contributed by atoms with E-state index in [-0.39, 0.29) is 11.1 Å². The Labute approximate surface area is 177 Å². The van der Waals surface area contributed by atoms with E-state index >= 15 is 0 Å². The molecule has 0 radical (unpaired) electrons. The van der Waals surface area contributed by atoms with Crippen LogP contribution in [-0.2, 0) is 10.3 Å². The van der Waals surface area contributed by atoms with Gasteiger partial charge in [0.15, 0.2) is 23.3 Å². The minimum atomic E-state index is -1.80. The second-order valence-electron chi connectivity index (χ2n) is 7.96. The molecule has 0 aliphatic carbocycles. The molecule has 1 atom stereocenters. The van der Waals surface area contributed by atoms with Crippen LogP contribution in [0.4, 0.5) is 17.6 Å². The van der Waals surface area contributed by atoms with Crippen molar-refractivity contribution in [2.45, 2.75) is 77.7 Å². The van der Waals surface area contributed by atoms with Gasteiger partial charge in [-0.3, -0.25) is 0 Å². The summed E-state index contributed by atoms with van der Waals surface area (Å²) in [6.07, 6.45) is 9.29. The fraction of sp³-hybridized carbons (Fsp3) is 0.520. The summed E-state index contributed by atoms with van der Waals surface area (Å²) in [5.74, 6) is -6.40. The minimum absolute atomic E-state index is 0.281. The zero-order valence-electron chi connectivity index (χ0n) is 18.2. The highest BCUT2D eigenvalue weighted by molar-refractivity contribution is 5.65. The molecule has 2 aromatic carbocycles. The highest BCUT2D eigenvalue weighted by atomic mass is 19.2. The molecule has 0 heterocycles. The van der Waals surface area contributed by atoms with Gasteiger partial charge in [0, 0.05) is 12.2 Å². The fourth-order valence-corrected chi connectivity index (χ4v) is 3.82. The minimum Gasteiger partial charge on any atom is -0.371 e. The van der Waals surface area contributed by atoms with Crippen molar-refractivity contribution in [2.75, 3.05) is 6.61 Å². The standard InChI is InChI=1S/C25H32F4O/c1-4-6-7-8-9-10-11-16-25(3,30-5-2)19-14-12-18(13-15-19)20-17-21(26)23(28)24(29)22(20)27/h12-15,17H,4-11,16H2,1-3H3. The number of halogens is 4. The number of ether oxygens (including phenoxy) is 1. The SMILES string of the molecule is CCCCCCCCCC(C)(OCC)c1ccc(-c2cc(F)c(F)c(F)c2F)cc1. The van der Waals surface area contributed by atoms with Crippen LogP contribution in [-0.4, -0.2) is 6.61 Å². The van der Waals surface area contributed by atoms with Gasteiger partial charge in [0.05, 0.1) is 5.60 Å². The number of benzene rings is 2. The van der Waals surface area contributed by atoms with Gasteiger partial charge in [0.25, 0.3) is 0 Å². The summed E-state index contributed by atoms with van der Waals surface area (Å²) in [7, 11) is 0. The van der Waals surface area contributed by atoms with Gasteiger partial charge in [-0.05, 0) is 37.5 Å². The van der Waals surface area contributed by atoms with Gasteiger partial charge in [0.2, 0.25) is 0 Å². The Morgan fingerprint density at radius 1 is 0.767 bits per heavy atom. The molecule has 166 valence electrons. The molecular formula is C25H32F4O. The largest absolute Gasteiger partial charge is 0.371 e. The summed E-state index contributed by atoms with van der Waals surface area (Å²) in [5.41, 5.74) is 0.406. The third-order valence-corrected chi connectivity index (χ3v) is 5.63. The first-order valence-corrected chi connectivity index (χ1v) is 10.9. The Hall–Kier alpha value is -1.88. The Morgan fingerprint density at radius 3 is 1.97 bits per heavy atom. The first kappa shape index (κ1) is 24.4. The molecular weight excluding hydrogens is 392 g/mol. The lowest BCUT2D eigenvalue weighted by molar-refractivity contribution is -0.0376. The zero-order chi connectivity index (χ0) is 22.1. The third kappa shape index (κ3) is 6.07. The molecule has 1 unspecified atom stereocenters. The van der Waals surface area contributed by atoms with Gasteiger partial charge in [-0.25, -0.2) is 17.6 Å². The van der Waals surface area contributed by atoms with E-state index in [1.165, 1.54) is 32.1 Å². The van der Waals surface area contributed by atoms with E-state index in [0.717, 1.165) is 24.8 Å². The van der Waals surface area contributed by atoms with Crippen LogP contribution in [0.25, 0.3) is 11.1 Å². The van der Waals surface area contributed by atoms with Gasteiger partial charge in [-0.1, -0.05) is 76.1 Å². The topological polar surface area (TPSA) is 9.23 Å². The maximum absolute atomic E-state index is 14.1. The van der Waals surface area contributed by atoms with Crippen LogP contribution in [0.3, 0.4) is 0 Å². The predicted octanol–water partition coefficient (Wildman–Crippen LogP) is 8.30. The highest BCUT2D eigenvalue weighted by Gasteiger charge is 2.27. The quantitative estimate of drug-likeness (QED) is 0.144. The van der Waals surface area contributed by atoms with Crippen LogP contribution >= 0.6 is 0 Å². The maximum atomic E-state index is 14.1. The van der Waals surface area contributed by atoms with Crippen molar-refractivity contribution in [3.8, 4) is 11.1 Å². The molecule has 30 heavy (non-hydrogen) atoms. The molecule has 0 fully saturated rings. The van der Waals surface area contributed by atoms with E-state index in [2.05, 4.69) is 6.92 Å². The number of unbranched alkanes of at least 4 members (excludes halogenated alkanes) is 6. The summed E-state index contributed by atoms with van der Waals surface area (Å²) in [4.78, 5) is 0. The van der Waals surface area contributed by atoms with E-state index in [1.54, 1.807) is 24.3 Å². The molecule has 0 spiro atoms. The molecule has 1 nitrogen and oxygen atoms in total. The monoisotopic (exact) mass is 424 g/mol. The van der Waals surface area contributed by atoms with Gasteiger partial charge >= 0.3 is 0 Å². The Balaban J connectivity index is 2.11. The smallest absolute Gasteiger partial charge is 0.198 e.